The molecule has 3 aromatic carbocycles. The standard InChI is InChI=1S/C25H24N2O6S2/c1-32-23-15-19(26-35(30,31)20-10-6-3-7-11-20)14-22-21-12-13-27(16-24(21)33-25(22)23)34(28,29)17-18-8-4-2-5-9-18/h2-11,14-15,26H,12-13,16-17H2,1H3. The predicted octanol–water partition coefficient (Wildman–Crippen LogP) is 4.13. The third-order valence-electron chi connectivity index (χ3n) is 5.98. The smallest absolute Gasteiger partial charge is 0.261 e. The molecule has 0 saturated heterocycles. The van der Waals surface area contributed by atoms with Gasteiger partial charge in [-0.05, 0) is 30.2 Å². The molecule has 0 spiro atoms. The molecule has 0 fully saturated rings. The van der Waals surface area contributed by atoms with Crippen molar-refractivity contribution in [2.45, 2.75) is 23.6 Å². The van der Waals surface area contributed by atoms with Gasteiger partial charge in [0, 0.05) is 23.6 Å². The summed E-state index contributed by atoms with van der Waals surface area (Å²) in [6.07, 6.45) is 0.439. The van der Waals surface area contributed by atoms with Crippen LogP contribution in [0.1, 0.15) is 16.9 Å². The van der Waals surface area contributed by atoms with Gasteiger partial charge in [0.25, 0.3) is 10.0 Å². The van der Waals surface area contributed by atoms with E-state index in [2.05, 4.69) is 4.72 Å². The summed E-state index contributed by atoms with van der Waals surface area (Å²) < 4.78 is 67.3. The second-order valence-corrected chi connectivity index (χ2v) is 12.0. The molecule has 35 heavy (non-hydrogen) atoms. The maximum Gasteiger partial charge on any atom is 0.261 e. The van der Waals surface area contributed by atoms with Crippen LogP contribution >= 0.6 is 0 Å². The Balaban J connectivity index is 1.46. The summed E-state index contributed by atoms with van der Waals surface area (Å²) in [6.45, 7) is 0.409. The molecule has 2 heterocycles. The van der Waals surface area contributed by atoms with Gasteiger partial charge in [-0.25, -0.2) is 16.8 Å². The van der Waals surface area contributed by atoms with Gasteiger partial charge in [-0.2, -0.15) is 4.31 Å². The lowest BCUT2D eigenvalue weighted by molar-refractivity contribution is 0.346. The first kappa shape index (κ1) is 23.4. The average molecular weight is 513 g/mol. The summed E-state index contributed by atoms with van der Waals surface area (Å²) in [5.74, 6) is 0.809. The number of furan rings is 1. The lowest BCUT2D eigenvalue weighted by atomic mass is 10.0. The summed E-state index contributed by atoms with van der Waals surface area (Å²) in [4.78, 5) is 0.146. The molecule has 0 unspecified atom stereocenters. The molecule has 5 rings (SSSR count). The Morgan fingerprint density at radius 2 is 1.66 bits per heavy atom. The molecule has 0 amide bonds. The average Bonchev–Trinajstić information content (AvgIpc) is 3.22. The number of anilines is 1. The van der Waals surface area contributed by atoms with Gasteiger partial charge in [-0.15, -0.1) is 0 Å². The highest BCUT2D eigenvalue weighted by molar-refractivity contribution is 7.92. The molecule has 10 heteroatoms. The molecule has 0 bridgehead atoms. The van der Waals surface area contributed by atoms with Crippen molar-refractivity contribution in [1.29, 1.82) is 0 Å². The molecular weight excluding hydrogens is 488 g/mol. The molecule has 182 valence electrons. The van der Waals surface area contributed by atoms with Crippen LogP contribution in [0.3, 0.4) is 0 Å². The fourth-order valence-corrected chi connectivity index (χ4v) is 6.82. The van der Waals surface area contributed by atoms with Crippen molar-refractivity contribution in [2.75, 3.05) is 18.4 Å². The van der Waals surface area contributed by atoms with Crippen LogP contribution in [0.25, 0.3) is 11.0 Å². The van der Waals surface area contributed by atoms with E-state index in [1.54, 1.807) is 42.5 Å². The van der Waals surface area contributed by atoms with Crippen LogP contribution in [-0.4, -0.2) is 34.8 Å². The quantitative estimate of drug-likeness (QED) is 0.399. The molecule has 0 aliphatic carbocycles. The van der Waals surface area contributed by atoms with Crippen LogP contribution in [-0.2, 0) is 38.8 Å². The lowest BCUT2D eigenvalue weighted by Crippen LogP contribution is -2.36. The first-order valence-electron chi connectivity index (χ1n) is 11.0. The predicted molar refractivity (Wildman–Crippen MR) is 133 cm³/mol. The number of sulfonamides is 2. The first-order valence-corrected chi connectivity index (χ1v) is 14.1. The van der Waals surface area contributed by atoms with Crippen LogP contribution in [0.4, 0.5) is 5.69 Å². The number of methoxy groups -OCH3 is 1. The second-order valence-electron chi connectivity index (χ2n) is 8.30. The van der Waals surface area contributed by atoms with E-state index in [1.807, 2.05) is 18.2 Å². The van der Waals surface area contributed by atoms with Crippen molar-refractivity contribution in [3.8, 4) is 5.75 Å². The number of rotatable bonds is 7. The van der Waals surface area contributed by atoms with Crippen molar-refractivity contribution < 1.29 is 26.0 Å². The van der Waals surface area contributed by atoms with Crippen LogP contribution in [0.2, 0.25) is 0 Å². The molecule has 0 radical (unpaired) electrons. The van der Waals surface area contributed by atoms with Crippen molar-refractivity contribution in [2.24, 2.45) is 0 Å². The number of benzene rings is 3. The van der Waals surface area contributed by atoms with E-state index in [0.29, 0.717) is 41.1 Å². The number of hydrogen-bond donors (Lipinski definition) is 1. The number of fused-ring (bicyclic) bond motifs is 3. The van der Waals surface area contributed by atoms with Gasteiger partial charge in [-0.3, -0.25) is 4.72 Å². The van der Waals surface area contributed by atoms with Crippen molar-refractivity contribution >= 4 is 36.7 Å². The van der Waals surface area contributed by atoms with Gasteiger partial charge in [-0.1, -0.05) is 48.5 Å². The zero-order valence-corrected chi connectivity index (χ0v) is 20.6. The third kappa shape index (κ3) is 4.64. The van der Waals surface area contributed by atoms with Crippen molar-refractivity contribution in [3.63, 3.8) is 0 Å². The monoisotopic (exact) mass is 512 g/mol. The number of hydrogen-bond acceptors (Lipinski definition) is 6. The van der Waals surface area contributed by atoms with E-state index >= 15 is 0 Å². The number of nitrogens with zero attached hydrogens (tertiary/aromatic N) is 1. The SMILES string of the molecule is COc1cc(NS(=O)(=O)c2ccccc2)cc2c3c(oc12)CN(S(=O)(=O)Cc1ccccc1)CC3. The van der Waals surface area contributed by atoms with E-state index in [0.717, 1.165) is 11.1 Å². The van der Waals surface area contributed by atoms with Gasteiger partial charge in [0.05, 0.1) is 30.0 Å². The van der Waals surface area contributed by atoms with Crippen LogP contribution < -0.4 is 9.46 Å². The summed E-state index contributed by atoms with van der Waals surface area (Å²) in [6, 6.07) is 20.4. The molecule has 8 nitrogen and oxygen atoms in total. The van der Waals surface area contributed by atoms with Crippen LogP contribution in [0, 0.1) is 0 Å². The van der Waals surface area contributed by atoms with Gasteiger partial charge in [0.2, 0.25) is 10.0 Å². The molecule has 0 saturated carbocycles. The van der Waals surface area contributed by atoms with Gasteiger partial charge < -0.3 is 9.15 Å². The summed E-state index contributed by atoms with van der Waals surface area (Å²) >= 11 is 0. The molecule has 4 aromatic rings. The highest BCUT2D eigenvalue weighted by atomic mass is 32.2. The molecule has 0 atom stereocenters. The Morgan fingerprint density at radius 1 is 0.971 bits per heavy atom. The highest BCUT2D eigenvalue weighted by Gasteiger charge is 2.31. The molecule has 1 aromatic heterocycles. The van der Waals surface area contributed by atoms with Gasteiger partial charge in [0.1, 0.15) is 5.76 Å². The topological polar surface area (TPSA) is 106 Å². The van der Waals surface area contributed by atoms with Crippen LogP contribution in [0.5, 0.6) is 5.75 Å². The van der Waals surface area contributed by atoms with Crippen LogP contribution in [0.15, 0.2) is 82.1 Å². The highest BCUT2D eigenvalue weighted by Crippen LogP contribution is 2.39. The number of ether oxygens (including phenoxy) is 1. The maximum absolute atomic E-state index is 13.0. The minimum Gasteiger partial charge on any atom is -0.493 e. The molecular formula is C25H24N2O6S2. The number of nitrogens with one attached hydrogen (secondary N) is 1. The zero-order valence-electron chi connectivity index (χ0n) is 19.0. The van der Waals surface area contributed by atoms with E-state index in [-0.39, 0.29) is 17.2 Å². The lowest BCUT2D eigenvalue weighted by Gasteiger charge is -2.25. The van der Waals surface area contributed by atoms with E-state index < -0.39 is 20.0 Å². The molecule has 1 N–H and O–H groups in total. The maximum atomic E-state index is 13.0. The molecule has 1 aliphatic rings. The summed E-state index contributed by atoms with van der Waals surface area (Å²) in [5, 5.41) is 0.699. The third-order valence-corrected chi connectivity index (χ3v) is 9.18. The van der Waals surface area contributed by atoms with E-state index in [1.165, 1.54) is 23.5 Å². The Bertz CT molecular complexity index is 1580. The molecule has 1 aliphatic heterocycles. The van der Waals surface area contributed by atoms with Gasteiger partial charge in [0.15, 0.2) is 11.3 Å². The summed E-state index contributed by atoms with van der Waals surface area (Å²) in [5.41, 5.74) is 2.37. The minimum absolute atomic E-state index is 0.0852. The zero-order chi connectivity index (χ0) is 24.6. The fourth-order valence-electron chi connectivity index (χ4n) is 4.28. The van der Waals surface area contributed by atoms with Crippen molar-refractivity contribution in [1.82, 2.24) is 4.31 Å². The van der Waals surface area contributed by atoms with Crippen molar-refractivity contribution in [3.05, 3.63) is 89.7 Å². The Kier molecular flexibility index (Phi) is 6.04. The first-order chi connectivity index (χ1) is 16.8. The Hall–Kier alpha value is -3.34. The Labute approximate surface area is 204 Å². The van der Waals surface area contributed by atoms with Gasteiger partial charge >= 0.3 is 0 Å². The second kappa shape index (κ2) is 9.03. The summed E-state index contributed by atoms with van der Waals surface area (Å²) in [7, 11) is -5.86. The van der Waals surface area contributed by atoms with E-state index in [4.69, 9.17) is 9.15 Å². The fraction of sp³-hybridized carbons (Fsp3) is 0.200. The normalized spacial score (nSPS) is 14.5. The largest absolute Gasteiger partial charge is 0.493 e. The minimum atomic E-state index is -3.79. The Morgan fingerprint density at radius 3 is 2.34 bits per heavy atom. The van der Waals surface area contributed by atoms with E-state index in [9.17, 15) is 16.8 Å².